The van der Waals surface area contributed by atoms with E-state index < -0.39 is 0 Å². The summed E-state index contributed by atoms with van der Waals surface area (Å²) in [6, 6.07) is 0. The van der Waals surface area contributed by atoms with Crippen LogP contribution in [-0.4, -0.2) is 18.5 Å². The van der Waals surface area contributed by atoms with Gasteiger partial charge in [0.15, 0.2) is 0 Å². The molecule has 1 atom stereocenters. The molecule has 1 unspecified atom stereocenters. The van der Waals surface area contributed by atoms with Crippen molar-refractivity contribution >= 4 is 15.9 Å². The molecule has 0 aromatic rings. The van der Waals surface area contributed by atoms with Crippen LogP contribution in [0.2, 0.25) is 0 Å². The zero-order valence-corrected chi connectivity index (χ0v) is 9.36. The monoisotopic (exact) mass is 222 g/mol. The van der Waals surface area contributed by atoms with Gasteiger partial charge in [-0.25, -0.2) is 0 Å². The van der Waals surface area contributed by atoms with Gasteiger partial charge in [0.1, 0.15) is 0 Å². The summed E-state index contributed by atoms with van der Waals surface area (Å²) >= 11 is 3.44. The van der Waals surface area contributed by atoms with Crippen molar-refractivity contribution in [3.63, 3.8) is 0 Å². The van der Waals surface area contributed by atoms with E-state index in [-0.39, 0.29) is 0 Å². The van der Waals surface area contributed by atoms with Gasteiger partial charge in [-0.1, -0.05) is 36.7 Å². The fraction of sp³-hybridized carbons (Fsp3) is 1.00. The van der Waals surface area contributed by atoms with Crippen LogP contribution >= 0.6 is 15.9 Å². The standard InChI is InChI=1S/C9H19BrO/c1-8(2)7-11-5-4-9(3)6-10/h8-9H,4-7H2,1-3H3. The summed E-state index contributed by atoms with van der Waals surface area (Å²) < 4.78 is 5.45. The van der Waals surface area contributed by atoms with Crippen molar-refractivity contribution in [1.29, 1.82) is 0 Å². The Bertz CT molecular complexity index is 83.6. The lowest BCUT2D eigenvalue weighted by atomic mass is 10.1. The Hall–Kier alpha value is 0.440. The quantitative estimate of drug-likeness (QED) is 0.496. The Balaban J connectivity index is 3.01. The van der Waals surface area contributed by atoms with Gasteiger partial charge in [0.2, 0.25) is 0 Å². The largest absolute Gasteiger partial charge is 0.381 e. The van der Waals surface area contributed by atoms with Crippen molar-refractivity contribution in [2.45, 2.75) is 27.2 Å². The number of rotatable bonds is 6. The van der Waals surface area contributed by atoms with Gasteiger partial charge in [0.25, 0.3) is 0 Å². The predicted octanol–water partition coefficient (Wildman–Crippen LogP) is 3.08. The lowest BCUT2D eigenvalue weighted by Crippen LogP contribution is -2.06. The second-order valence-electron chi connectivity index (χ2n) is 3.52. The topological polar surface area (TPSA) is 9.23 Å². The number of ether oxygens (including phenoxy) is 1. The molecule has 0 N–H and O–H groups in total. The first-order valence-corrected chi connectivity index (χ1v) is 5.42. The fourth-order valence-corrected chi connectivity index (χ4v) is 1.00. The average Bonchev–Trinajstić information content (AvgIpc) is 1.97. The van der Waals surface area contributed by atoms with E-state index in [0.717, 1.165) is 30.9 Å². The molecular weight excluding hydrogens is 204 g/mol. The molecule has 0 saturated carbocycles. The van der Waals surface area contributed by atoms with Gasteiger partial charge in [-0.05, 0) is 18.3 Å². The summed E-state index contributed by atoms with van der Waals surface area (Å²) in [7, 11) is 0. The highest BCUT2D eigenvalue weighted by Crippen LogP contribution is 2.05. The summed E-state index contributed by atoms with van der Waals surface area (Å²) in [5.74, 6) is 1.40. The summed E-state index contributed by atoms with van der Waals surface area (Å²) in [6.07, 6.45) is 1.16. The molecular formula is C9H19BrO. The SMILES string of the molecule is CC(C)COCCC(C)CBr. The maximum atomic E-state index is 5.45. The van der Waals surface area contributed by atoms with Gasteiger partial charge in [-0.2, -0.15) is 0 Å². The molecule has 0 aliphatic heterocycles. The van der Waals surface area contributed by atoms with Crippen LogP contribution in [0.1, 0.15) is 27.2 Å². The van der Waals surface area contributed by atoms with Gasteiger partial charge in [-0.3, -0.25) is 0 Å². The smallest absolute Gasteiger partial charge is 0.0488 e. The van der Waals surface area contributed by atoms with Gasteiger partial charge >= 0.3 is 0 Å². The van der Waals surface area contributed by atoms with Crippen LogP contribution in [0.4, 0.5) is 0 Å². The molecule has 0 aliphatic rings. The normalized spacial score (nSPS) is 13.9. The predicted molar refractivity (Wildman–Crippen MR) is 53.2 cm³/mol. The zero-order valence-electron chi connectivity index (χ0n) is 7.77. The van der Waals surface area contributed by atoms with E-state index in [1.54, 1.807) is 0 Å². The van der Waals surface area contributed by atoms with E-state index in [9.17, 15) is 0 Å². The van der Waals surface area contributed by atoms with Crippen LogP contribution in [0.25, 0.3) is 0 Å². The minimum Gasteiger partial charge on any atom is -0.381 e. The van der Waals surface area contributed by atoms with Crippen molar-refractivity contribution in [3.05, 3.63) is 0 Å². The molecule has 0 fully saturated rings. The Morgan fingerprint density at radius 2 is 1.91 bits per heavy atom. The molecule has 0 bridgehead atoms. The van der Waals surface area contributed by atoms with Crippen molar-refractivity contribution in [1.82, 2.24) is 0 Å². The van der Waals surface area contributed by atoms with E-state index in [1.165, 1.54) is 0 Å². The molecule has 1 nitrogen and oxygen atoms in total. The van der Waals surface area contributed by atoms with Gasteiger partial charge in [0, 0.05) is 18.5 Å². The van der Waals surface area contributed by atoms with Crippen molar-refractivity contribution in [3.8, 4) is 0 Å². The molecule has 0 saturated heterocycles. The fourth-order valence-electron chi connectivity index (χ4n) is 0.681. The number of halogens is 1. The van der Waals surface area contributed by atoms with Crippen LogP contribution in [0, 0.1) is 11.8 Å². The first-order valence-electron chi connectivity index (χ1n) is 4.30. The third kappa shape index (κ3) is 8.35. The van der Waals surface area contributed by atoms with Crippen molar-refractivity contribution in [2.24, 2.45) is 11.8 Å². The number of alkyl halides is 1. The van der Waals surface area contributed by atoms with Crippen LogP contribution in [0.3, 0.4) is 0 Å². The highest BCUT2D eigenvalue weighted by molar-refractivity contribution is 9.09. The minimum absolute atomic E-state index is 0.661. The number of hydrogen-bond acceptors (Lipinski definition) is 1. The summed E-state index contributed by atoms with van der Waals surface area (Å²) in [5.41, 5.74) is 0. The zero-order chi connectivity index (χ0) is 8.69. The van der Waals surface area contributed by atoms with E-state index in [2.05, 4.69) is 36.7 Å². The highest BCUT2D eigenvalue weighted by atomic mass is 79.9. The van der Waals surface area contributed by atoms with E-state index in [1.807, 2.05) is 0 Å². The minimum atomic E-state index is 0.661. The third-order valence-electron chi connectivity index (χ3n) is 1.47. The second kappa shape index (κ2) is 7.11. The molecule has 68 valence electrons. The summed E-state index contributed by atoms with van der Waals surface area (Å²) in [6.45, 7) is 8.38. The molecule has 0 aromatic carbocycles. The Labute approximate surface area is 78.6 Å². The average molecular weight is 223 g/mol. The Kier molecular flexibility index (Phi) is 7.39. The van der Waals surface area contributed by atoms with E-state index in [0.29, 0.717) is 5.92 Å². The van der Waals surface area contributed by atoms with Gasteiger partial charge < -0.3 is 4.74 Å². The Morgan fingerprint density at radius 1 is 1.27 bits per heavy atom. The molecule has 2 heteroatoms. The van der Waals surface area contributed by atoms with Crippen molar-refractivity contribution < 1.29 is 4.74 Å². The van der Waals surface area contributed by atoms with Crippen molar-refractivity contribution in [2.75, 3.05) is 18.5 Å². The molecule has 11 heavy (non-hydrogen) atoms. The van der Waals surface area contributed by atoms with Crippen LogP contribution < -0.4 is 0 Å². The summed E-state index contributed by atoms with van der Waals surface area (Å²) in [4.78, 5) is 0. The molecule has 0 spiro atoms. The number of hydrogen-bond donors (Lipinski definition) is 0. The first-order chi connectivity index (χ1) is 5.16. The maximum Gasteiger partial charge on any atom is 0.0488 e. The van der Waals surface area contributed by atoms with E-state index >= 15 is 0 Å². The molecule has 0 aromatic heterocycles. The maximum absolute atomic E-state index is 5.45. The first kappa shape index (κ1) is 11.4. The molecule has 0 amide bonds. The third-order valence-corrected chi connectivity index (χ3v) is 2.57. The molecule has 0 heterocycles. The second-order valence-corrected chi connectivity index (χ2v) is 4.16. The Morgan fingerprint density at radius 3 is 2.36 bits per heavy atom. The van der Waals surface area contributed by atoms with Crippen LogP contribution in [0.5, 0.6) is 0 Å². The lowest BCUT2D eigenvalue weighted by molar-refractivity contribution is 0.101. The van der Waals surface area contributed by atoms with Crippen LogP contribution in [0.15, 0.2) is 0 Å². The van der Waals surface area contributed by atoms with Gasteiger partial charge in [-0.15, -0.1) is 0 Å². The lowest BCUT2D eigenvalue weighted by Gasteiger charge is -2.09. The molecule has 0 rings (SSSR count). The van der Waals surface area contributed by atoms with Crippen LogP contribution in [-0.2, 0) is 4.74 Å². The summed E-state index contributed by atoms with van der Waals surface area (Å²) in [5, 5.41) is 1.08. The molecule has 0 aliphatic carbocycles. The van der Waals surface area contributed by atoms with E-state index in [4.69, 9.17) is 4.74 Å². The highest BCUT2D eigenvalue weighted by Gasteiger charge is 1.99. The van der Waals surface area contributed by atoms with Gasteiger partial charge in [0.05, 0.1) is 0 Å². The molecule has 0 radical (unpaired) electrons.